The van der Waals surface area contributed by atoms with Crippen LogP contribution < -0.4 is 5.32 Å². The fourth-order valence-corrected chi connectivity index (χ4v) is 4.40. The highest BCUT2D eigenvalue weighted by Gasteiger charge is 2.35. The number of fused-ring (bicyclic) bond motifs is 1. The van der Waals surface area contributed by atoms with Gasteiger partial charge in [0, 0.05) is 18.4 Å². The minimum absolute atomic E-state index is 0.108. The fourth-order valence-electron chi connectivity index (χ4n) is 3.24. The van der Waals surface area contributed by atoms with Crippen molar-refractivity contribution in [3.63, 3.8) is 0 Å². The molecule has 1 N–H and O–H groups in total. The van der Waals surface area contributed by atoms with Gasteiger partial charge in [-0.1, -0.05) is 30.3 Å². The molecule has 0 spiro atoms. The topological polar surface area (TPSA) is 67.2 Å². The van der Waals surface area contributed by atoms with Gasteiger partial charge in [-0.3, -0.25) is 9.59 Å². The molecule has 0 aliphatic carbocycles. The van der Waals surface area contributed by atoms with Gasteiger partial charge in [0.2, 0.25) is 5.91 Å². The quantitative estimate of drug-likeness (QED) is 0.755. The first-order valence-electron chi connectivity index (χ1n) is 8.77. The average molecular weight is 380 g/mol. The molecule has 4 rings (SSSR count). The molecule has 2 aromatic carbocycles. The van der Waals surface area contributed by atoms with E-state index in [2.05, 4.69) is 10.3 Å². The van der Waals surface area contributed by atoms with Crippen molar-refractivity contribution in [2.24, 2.45) is 7.05 Å². The van der Waals surface area contributed by atoms with Crippen molar-refractivity contribution in [1.29, 1.82) is 0 Å². The molecule has 6 nitrogen and oxygen atoms in total. The monoisotopic (exact) mass is 380 g/mol. The number of amides is 2. The van der Waals surface area contributed by atoms with E-state index in [9.17, 15) is 9.59 Å². The van der Waals surface area contributed by atoms with Crippen LogP contribution in [-0.4, -0.2) is 43.9 Å². The first kappa shape index (κ1) is 17.6. The molecule has 0 saturated carbocycles. The Morgan fingerprint density at radius 1 is 1.15 bits per heavy atom. The third-order valence-corrected chi connectivity index (χ3v) is 5.78. The van der Waals surface area contributed by atoms with Crippen molar-refractivity contribution in [3.05, 3.63) is 66.0 Å². The summed E-state index contributed by atoms with van der Waals surface area (Å²) < 4.78 is 1.98. The molecule has 1 atom stereocenters. The Balaban J connectivity index is 1.45. The fraction of sp³-hybridized carbons (Fsp3) is 0.250. The number of imidazole rings is 1. The van der Waals surface area contributed by atoms with Gasteiger partial charge < -0.3 is 14.8 Å². The Bertz CT molecular complexity index is 986. The number of nitrogens with zero attached hydrogens (tertiary/aromatic N) is 3. The van der Waals surface area contributed by atoms with E-state index in [0.717, 1.165) is 16.9 Å². The lowest BCUT2D eigenvalue weighted by atomic mass is 10.1. The molecule has 2 heterocycles. The molecular formula is C20H20N4O2S. The van der Waals surface area contributed by atoms with Crippen LogP contribution in [0.25, 0.3) is 11.0 Å². The summed E-state index contributed by atoms with van der Waals surface area (Å²) in [5.41, 5.74) is 2.54. The summed E-state index contributed by atoms with van der Waals surface area (Å²) in [4.78, 5) is 31.7. The molecule has 3 aromatic rings. The van der Waals surface area contributed by atoms with E-state index < -0.39 is 6.04 Å². The predicted octanol–water partition coefficient (Wildman–Crippen LogP) is 2.40. The summed E-state index contributed by atoms with van der Waals surface area (Å²) in [5.74, 6) is 1.67. The molecule has 0 radical (unpaired) electrons. The number of carbonyl (C=O) groups is 2. The number of thioether (sulfide) groups is 1. The van der Waals surface area contributed by atoms with Crippen LogP contribution in [0.4, 0.5) is 0 Å². The smallest absolute Gasteiger partial charge is 0.255 e. The lowest BCUT2D eigenvalue weighted by molar-refractivity contribution is -0.124. The van der Waals surface area contributed by atoms with Crippen molar-refractivity contribution in [3.8, 4) is 0 Å². The number of rotatable bonds is 4. The maximum atomic E-state index is 12.7. The van der Waals surface area contributed by atoms with Crippen LogP contribution in [0.15, 0.2) is 54.6 Å². The number of hydrogen-bond acceptors (Lipinski definition) is 4. The summed E-state index contributed by atoms with van der Waals surface area (Å²) in [6, 6.07) is 16.5. The van der Waals surface area contributed by atoms with E-state index in [4.69, 9.17) is 0 Å². The molecule has 1 unspecified atom stereocenters. The van der Waals surface area contributed by atoms with E-state index in [1.54, 1.807) is 28.8 Å². The number of aryl methyl sites for hydroxylation is 1. The third-order valence-electron chi connectivity index (χ3n) is 4.77. The van der Waals surface area contributed by atoms with E-state index in [-0.39, 0.29) is 11.8 Å². The Morgan fingerprint density at radius 3 is 2.67 bits per heavy atom. The van der Waals surface area contributed by atoms with Crippen LogP contribution in [0.5, 0.6) is 0 Å². The number of nitrogens with one attached hydrogen (secondary N) is 1. The molecule has 1 aliphatic rings. The van der Waals surface area contributed by atoms with Crippen LogP contribution in [0.1, 0.15) is 16.2 Å². The Morgan fingerprint density at radius 2 is 1.89 bits per heavy atom. The van der Waals surface area contributed by atoms with Gasteiger partial charge in [0.05, 0.1) is 23.5 Å². The van der Waals surface area contributed by atoms with Crippen molar-refractivity contribution < 1.29 is 9.59 Å². The molecule has 1 aromatic heterocycles. The van der Waals surface area contributed by atoms with Gasteiger partial charge in [0.15, 0.2) is 0 Å². The molecule has 1 fully saturated rings. The van der Waals surface area contributed by atoms with Gasteiger partial charge in [-0.2, -0.15) is 0 Å². The second kappa shape index (κ2) is 7.44. The normalized spacial score (nSPS) is 16.6. The Hall–Kier alpha value is -2.80. The van der Waals surface area contributed by atoms with Crippen LogP contribution in [-0.2, 0) is 18.4 Å². The number of benzene rings is 2. The van der Waals surface area contributed by atoms with Gasteiger partial charge in [-0.05, 0) is 24.3 Å². The van der Waals surface area contributed by atoms with Crippen molar-refractivity contribution in [2.45, 2.75) is 12.6 Å². The number of hydrogen-bond donors (Lipinski definition) is 1. The van der Waals surface area contributed by atoms with Gasteiger partial charge in [0.1, 0.15) is 11.9 Å². The van der Waals surface area contributed by atoms with Gasteiger partial charge in [0.25, 0.3) is 5.91 Å². The van der Waals surface area contributed by atoms with Crippen LogP contribution >= 0.6 is 11.8 Å². The largest absolute Gasteiger partial charge is 0.347 e. The molecule has 1 saturated heterocycles. The standard InChI is InChI=1S/C20H20N4O2S/c1-23-16-10-6-5-9-15(16)22-18(23)11-21-19(25)17-12-27-13-24(17)20(26)14-7-3-2-4-8-14/h2-10,17H,11-13H2,1H3,(H,21,25). The second-order valence-electron chi connectivity index (χ2n) is 6.45. The molecule has 7 heteroatoms. The SMILES string of the molecule is Cn1c(CNC(=O)C2CSCN2C(=O)c2ccccc2)nc2ccccc21. The Labute approximate surface area is 161 Å². The average Bonchev–Trinajstić information content (AvgIpc) is 3.32. The maximum Gasteiger partial charge on any atom is 0.255 e. The molecule has 0 bridgehead atoms. The highest BCUT2D eigenvalue weighted by Crippen LogP contribution is 2.23. The first-order valence-corrected chi connectivity index (χ1v) is 9.92. The summed E-state index contributed by atoms with van der Waals surface area (Å²) >= 11 is 1.59. The van der Waals surface area contributed by atoms with Crippen molar-refractivity contribution in [1.82, 2.24) is 19.8 Å². The summed E-state index contributed by atoms with van der Waals surface area (Å²) in [7, 11) is 1.94. The van der Waals surface area contributed by atoms with Crippen LogP contribution in [0.2, 0.25) is 0 Å². The summed E-state index contributed by atoms with van der Waals surface area (Å²) in [5, 5.41) is 2.95. The number of aromatic nitrogens is 2. The number of carbonyl (C=O) groups excluding carboxylic acids is 2. The zero-order chi connectivity index (χ0) is 18.8. The third kappa shape index (κ3) is 3.42. The highest BCUT2D eigenvalue weighted by atomic mass is 32.2. The second-order valence-corrected chi connectivity index (χ2v) is 7.45. The highest BCUT2D eigenvalue weighted by molar-refractivity contribution is 7.99. The lowest BCUT2D eigenvalue weighted by Crippen LogP contribution is -2.47. The van der Waals surface area contributed by atoms with Gasteiger partial charge in [-0.25, -0.2) is 4.98 Å². The molecule has 1 aliphatic heterocycles. The predicted molar refractivity (Wildman–Crippen MR) is 106 cm³/mol. The zero-order valence-electron chi connectivity index (χ0n) is 15.0. The van der Waals surface area contributed by atoms with E-state index in [1.165, 1.54) is 0 Å². The van der Waals surface area contributed by atoms with E-state index >= 15 is 0 Å². The zero-order valence-corrected chi connectivity index (χ0v) is 15.8. The summed E-state index contributed by atoms with van der Waals surface area (Å²) in [6.07, 6.45) is 0. The van der Waals surface area contributed by atoms with Crippen molar-refractivity contribution in [2.75, 3.05) is 11.6 Å². The minimum atomic E-state index is -0.461. The van der Waals surface area contributed by atoms with Gasteiger partial charge >= 0.3 is 0 Å². The summed E-state index contributed by atoms with van der Waals surface area (Å²) in [6.45, 7) is 0.332. The van der Waals surface area contributed by atoms with E-state index in [0.29, 0.717) is 23.7 Å². The minimum Gasteiger partial charge on any atom is -0.347 e. The molecule has 2 amide bonds. The lowest BCUT2D eigenvalue weighted by Gasteiger charge is -2.23. The maximum absolute atomic E-state index is 12.7. The first-order chi connectivity index (χ1) is 13.1. The van der Waals surface area contributed by atoms with Crippen molar-refractivity contribution >= 4 is 34.6 Å². The van der Waals surface area contributed by atoms with Crippen LogP contribution in [0, 0.1) is 0 Å². The molecule has 138 valence electrons. The van der Waals surface area contributed by atoms with E-state index in [1.807, 2.05) is 54.1 Å². The van der Waals surface area contributed by atoms with Crippen LogP contribution in [0.3, 0.4) is 0 Å². The molecule has 27 heavy (non-hydrogen) atoms. The van der Waals surface area contributed by atoms with Gasteiger partial charge in [-0.15, -0.1) is 11.8 Å². The number of para-hydroxylation sites is 2. The molecular weight excluding hydrogens is 360 g/mol. The Kier molecular flexibility index (Phi) is 4.85.